The van der Waals surface area contributed by atoms with Crippen LogP contribution in [-0.2, 0) is 0 Å². The first-order valence-corrected chi connectivity index (χ1v) is 11.0. The van der Waals surface area contributed by atoms with Gasteiger partial charge < -0.3 is 14.3 Å². The minimum Gasteiger partial charge on any atom is -0.356 e. The minimum absolute atomic E-state index is 0.0543. The molecule has 30 heavy (non-hydrogen) atoms. The molecule has 1 aromatic heterocycles. The summed E-state index contributed by atoms with van der Waals surface area (Å²) in [4.78, 5) is 15.9. The maximum Gasteiger partial charge on any atom is 0.331 e. The van der Waals surface area contributed by atoms with Crippen molar-refractivity contribution in [1.29, 1.82) is 0 Å². The first-order valence-electron chi connectivity index (χ1n) is 11.0. The lowest BCUT2D eigenvalue weighted by Crippen LogP contribution is -2.50. The number of hydrogen-bond acceptors (Lipinski definition) is 5. The molecule has 2 fully saturated rings. The van der Waals surface area contributed by atoms with Crippen LogP contribution in [0.3, 0.4) is 0 Å². The van der Waals surface area contributed by atoms with E-state index in [4.69, 9.17) is 4.52 Å². The third-order valence-electron chi connectivity index (χ3n) is 6.56. The second kappa shape index (κ2) is 9.31. The van der Waals surface area contributed by atoms with Gasteiger partial charge in [0.05, 0.1) is 5.69 Å². The number of amides is 2. The molecule has 8 heteroatoms. The summed E-state index contributed by atoms with van der Waals surface area (Å²) in [5.41, 5.74) is 4.48. The van der Waals surface area contributed by atoms with E-state index >= 15 is 0 Å². The molecule has 7 nitrogen and oxygen atoms in total. The highest BCUT2D eigenvalue weighted by Crippen LogP contribution is 2.33. The lowest BCUT2D eigenvalue weighted by Gasteiger charge is -2.35. The fraction of sp³-hybridized carbons (Fsp3) is 0.636. The van der Waals surface area contributed by atoms with Crippen LogP contribution >= 0.6 is 0 Å². The molecule has 1 N–H and O–H groups in total. The zero-order valence-electron chi connectivity index (χ0n) is 17.9. The molecule has 0 aliphatic carbocycles. The van der Waals surface area contributed by atoms with Crippen LogP contribution < -0.4 is 5.43 Å². The number of rotatable bonds is 5. The van der Waals surface area contributed by atoms with Crippen molar-refractivity contribution in [3.05, 3.63) is 29.7 Å². The monoisotopic (exact) mass is 417 g/mol. The number of nitrogens with zero attached hydrogens (tertiary/aromatic N) is 4. The highest BCUT2D eigenvalue weighted by atomic mass is 19.1. The fourth-order valence-electron chi connectivity index (χ4n) is 4.59. The number of likely N-dealkylation sites (tertiary alicyclic amines) is 1. The lowest BCUT2D eigenvalue weighted by molar-refractivity contribution is 0.110. The first-order chi connectivity index (χ1) is 14.5. The van der Waals surface area contributed by atoms with E-state index in [1.807, 2.05) is 5.01 Å². The highest BCUT2D eigenvalue weighted by Gasteiger charge is 2.26. The van der Waals surface area contributed by atoms with Crippen LogP contribution in [0.2, 0.25) is 0 Å². The molecular formula is C22H32FN5O2. The highest BCUT2D eigenvalue weighted by molar-refractivity contribution is 5.79. The van der Waals surface area contributed by atoms with Crippen molar-refractivity contribution in [3.63, 3.8) is 0 Å². The number of fused-ring (bicyclic) bond motifs is 1. The Balaban J connectivity index is 1.19. The van der Waals surface area contributed by atoms with E-state index in [0.29, 0.717) is 11.5 Å². The molecule has 2 aliphatic rings. The standard InChI is InChI=1S/C22H32FN5O2/c1-26(2)22(29)24-28-13-6-16(7-14-28)5-10-27-11-8-17(9-12-27)21-19-4-3-18(23)15-20(19)30-25-21/h3-4,15-17H,5-14H2,1-2H3,(H,24,29). The summed E-state index contributed by atoms with van der Waals surface area (Å²) in [6.07, 6.45) is 5.60. The number of benzene rings is 1. The van der Waals surface area contributed by atoms with Crippen molar-refractivity contribution in [2.24, 2.45) is 5.92 Å². The average molecular weight is 418 g/mol. The summed E-state index contributed by atoms with van der Waals surface area (Å²) < 4.78 is 18.7. The van der Waals surface area contributed by atoms with Gasteiger partial charge in [-0.15, -0.1) is 0 Å². The smallest absolute Gasteiger partial charge is 0.331 e. The molecule has 2 aliphatic heterocycles. The van der Waals surface area contributed by atoms with Crippen LogP contribution in [0.25, 0.3) is 11.0 Å². The van der Waals surface area contributed by atoms with Crippen molar-refractivity contribution in [2.75, 3.05) is 46.8 Å². The lowest BCUT2D eigenvalue weighted by atomic mass is 9.90. The van der Waals surface area contributed by atoms with E-state index in [1.165, 1.54) is 18.6 Å². The number of nitrogens with one attached hydrogen (secondary N) is 1. The third-order valence-corrected chi connectivity index (χ3v) is 6.56. The molecule has 2 saturated heterocycles. The van der Waals surface area contributed by atoms with E-state index in [1.54, 1.807) is 25.1 Å². The second-order valence-corrected chi connectivity index (χ2v) is 8.85. The Kier molecular flexibility index (Phi) is 6.53. The van der Waals surface area contributed by atoms with Gasteiger partial charge in [0.25, 0.3) is 0 Å². The number of aromatic nitrogens is 1. The van der Waals surface area contributed by atoms with Crippen molar-refractivity contribution < 1.29 is 13.7 Å². The molecule has 0 saturated carbocycles. The minimum atomic E-state index is -0.286. The number of hydrazine groups is 1. The van der Waals surface area contributed by atoms with Gasteiger partial charge >= 0.3 is 6.03 Å². The summed E-state index contributed by atoms with van der Waals surface area (Å²) in [6, 6.07) is 4.63. The summed E-state index contributed by atoms with van der Waals surface area (Å²) >= 11 is 0. The maximum atomic E-state index is 13.4. The molecule has 164 valence electrons. The molecule has 0 spiro atoms. The van der Waals surface area contributed by atoms with Gasteiger partial charge in [-0.25, -0.2) is 14.2 Å². The van der Waals surface area contributed by atoms with Crippen LogP contribution in [0.1, 0.15) is 43.7 Å². The van der Waals surface area contributed by atoms with Crippen molar-refractivity contribution >= 4 is 17.0 Å². The van der Waals surface area contributed by atoms with Gasteiger partial charge in [0.1, 0.15) is 5.82 Å². The van der Waals surface area contributed by atoms with Gasteiger partial charge in [0.15, 0.2) is 5.58 Å². The normalized spacial score (nSPS) is 20.0. The zero-order chi connectivity index (χ0) is 21.1. The number of carbonyl (C=O) groups is 1. The average Bonchev–Trinajstić information content (AvgIpc) is 3.16. The fourth-order valence-corrected chi connectivity index (χ4v) is 4.59. The molecule has 4 rings (SSSR count). The van der Waals surface area contributed by atoms with E-state index in [0.717, 1.165) is 75.4 Å². The molecule has 1 aromatic carbocycles. The number of urea groups is 1. The van der Waals surface area contributed by atoms with E-state index in [9.17, 15) is 9.18 Å². The predicted octanol–water partition coefficient (Wildman–Crippen LogP) is 3.43. The zero-order valence-corrected chi connectivity index (χ0v) is 17.9. The number of piperidine rings is 2. The Labute approximate surface area is 177 Å². The van der Waals surface area contributed by atoms with Gasteiger partial charge in [-0.2, -0.15) is 0 Å². The molecular weight excluding hydrogens is 385 g/mol. The maximum absolute atomic E-state index is 13.4. The van der Waals surface area contributed by atoms with Crippen molar-refractivity contribution in [1.82, 2.24) is 25.4 Å². The molecule has 2 amide bonds. The third kappa shape index (κ3) is 4.92. The Morgan fingerprint density at radius 1 is 1.20 bits per heavy atom. The molecule has 0 unspecified atom stereocenters. The largest absolute Gasteiger partial charge is 0.356 e. The summed E-state index contributed by atoms with van der Waals surface area (Å²) in [5.74, 6) is 0.826. The molecule has 0 radical (unpaired) electrons. The van der Waals surface area contributed by atoms with Gasteiger partial charge in [0, 0.05) is 44.6 Å². The second-order valence-electron chi connectivity index (χ2n) is 8.85. The summed E-state index contributed by atoms with van der Waals surface area (Å²) in [7, 11) is 3.52. The number of halogens is 1. The van der Waals surface area contributed by atoms with Crippen LogP contribution in [0.4, 0.5) is 9.18 Å². The van der Waals surface area contributed by atoms with Gasteiger partial charge in [0.2, 0.25) is 0 Å². The Hall–Kier alpha value is -2.19. The molecule has 0 atom stereocenters. The molecule has 0 bridgehead atoms. The number of carbonyl (C=O) groups excluding carboxylic acids is 1. The van der Waals surface area contributed by atoms with E-state index in [2.05, 4.69) is 15.5 Å². The predicted molar refractivity (Wildman–Crippen MR) is 114 cm³/mol. The molecule has 3 heterocycles. The topological polar surface area (TPSA) is 64.9 Å². The van der Waals surface area contributed by atoms with Crippen molar-refractivity contribution in [3.8, 4) is 0 Å². The van der Waals surface area contributed by atoms with E-state index < -0.39 is 0 Å². The SMILES string of the molecule is CN(C)C(=O)NN1CCC(CCN2CCC(c3noc4cc(F)ccc34)CC2)CC1. The Morgan fingerprint density at radius 3 is 2.63 bits per heavy atom. The first kappa shape index (κ1) is 21.1. The van der Waals surface area contributed by atoms with Gasteiger partial charge in [-0.1, -0.05) is 5.16 Å². The summed E-state index contributed by atoms with van der Waals surface area (Å²) in [6.45, 7) is 5.11. The Bertz CT molecular complexity index is 854. The Morgan fingerprint density at radius 2 is 1.93 bits per heavy atom. The van der Waals surface area contributed by atoms with Crippen LogP contribution in [0, 0.1) is 11.7 Å². The van der Waals surface area contributed by atoms with E-state index in [-0.39, 0.29) is 11.8 Å². The van der Waals surface area contributed by atoms with Crippen LogP contribution in [-0.4, -0.2) is 72.8 Å². The van der Waals surface area contributed by atoms with Gasteiger partial charge in [-0.05, 0) is 69.8 Å². The quantitative estimate of drug-likeness (QED) is 0.807. The summed E-state index contributed by atoms with van der Waals surface area (Å²) in [5, 5.41) is 7.23. The number of hydrogen-bond donors (Lipinski definition) is 1. The van der Waals surface area contributed by atoms with Crippen LogP contribution in [0.15, 0.2) is 22.7 Å². The van der Waals surface area contributed by atoms with Crippen LogP contribution in [0.5, 0.6) is 0 Å². The molecule has 2 aromatic rings. The van der Waals surface area contributed by atoms with Gasteiger partial charge in [-0.3, -0.25) is 5.43 Å². The van der Waals surface area contributed by atoms with Crippen molar-refractivity contribution in [2.45, 2.75) is 38.0 Å².